The molecule has 0 bridgehead atoms. The van der Waals surface area contributed by atoms with E-state index in [1.54, 1.807) is 11.1 Å². The van der Waals surface area contributed by atoms with E-state index in [1.165, 1.54) is 18.4 Å². The van der Waals surface area contributed by atoms with E-state index >= 15 is 0 Å². The number of fused-ring (bicyclic) bond motifs is 1. The minimum atomic E-state index is 0.752. The van der Waals surface area contributed by atoms with Crippen LogP contribution < -0.4 is 0 Å². The highest BCUT2D eigenvalue weighted by Crippen LogP contribution is 2.27. The number of rotatable bonds is 1. The van der Waals surface area contributed by atoms with Gasteiger partial charge in [-0.3, -0.25) is 0 Å². The zero-order chi connectivity index (χ0) is 9.26. The Morgan fingerprint density at radius 3 is 2.15 bits per heavy atom. The van der Waals surface area contributed by atoms with Gasteiger partial charge in [0.25, 0.3) is 0 Å². The molecule has 0 aliphatic heterocycles. The number of hydrogen-bond donors (Lipinski definition) is 0. The average molecular weight is 172 g/mol. The molecule has 0 radical (unpaired) electrons. The minimum Gasteiger partial charge on any atom is -0.0821 e. The van der Waals surface area contributed by atoms with Crippen LogP contribution >= 0.6 is 0 Å². The van der Waals surface area contributed by atoms with Gasteiger partial charge >= 0.3 is 0 Å². The maximum absolute atomic E-state index is 2.40. The molecule has 0 N–H and O–H groups in total. The zero-order valence-electron chi connectivity index (χ0n) is 8.38. The molecular formula is C13H16. The molecule has 1 aliphatic rings. The summed E-state index contributed by atoms with van der Waals surface area (Å²) >= 11 is 0. The number of benzene rings is 1. The van der Waals surface area contributed by atoms with E-state index in [0.717, 1.165) is 5.92 Å². The van der Waals surface area contributed by atoms with Crippen LogP contribution in [0.1, 0.15) is 25.0 Å². The first-order valence-corrected chi connectivity index (χ1v) is 4.97. The van der Waals surface area contributed by atoms with E-state index < -0.39 is 0 Å². The fourth-order valence-electron chi connectivity index (χ4n) is 2.18. The number of hydrogen-bond acceptors (Lipinski definition) is 0. The Bertz CT molecular complexity index is 305. The first-order chi connectivity index (χ1) is 6.25. The molecule has 0 unspecified atom stereocenters. The molecule has 0 amide bonds. The Morgan fingerprint density at radius 1 is 1.15 bits per heavy atom. The molecule has 0 heteroatoms. The van der Waals surface area contributed by atoms with Crippen LogP contribution in [0, 0.1) is 5.92 Å². The van der Waals surface area contributed by atoms with Crippen LogP contribution in [0.3, 0.4) is 0 Å². The number of allylic oxidation sites excluding steroid dienone is 2. The molecule has 0 spiro atoms. The molecule has 0 saturated heterocycles. The largest absolute Gasteiger partial charge is 0.0821 e. The van der Waals surface area contributed by atoms with Crippen molar-refractivity contribution in [3.63, 3.8) is 0 Å². The fourth-order valence-corrected chi connectivity index (χ4v) is 2.18. The monoisotopic (exact) mass is 172 g/mol. The van der Waals surface area contributed by atoms with Crippen molar-refractivity contribution in [3.8, 4) is 0 Å². The molecular weight excluding hydrogens is 156 g/mol. The topological polar surface area (TPSA) is 0 Å². The van der Waals surface area contributed by atoms with Crippen LogP contribution in [0.15, 0.2) is 35.9 Å². The van der Waals surface area contributed by atoms with Crippen molar-refractivity contribution in [2.24, 2.45) is 5.92 Å². The molecule has 0 heterocycles. The standard InChI is InChI=1S/C13H16/c1-10(2)7-11-8-12-5-3-4-6-13(12)9-11/h3-7,11H,8-9H2,1-2H3. The van der Waals surface area contributed by atoms with E-state index in [-0.39, 0.29) is 0 Å². The second-order valence-electron chi connectivity index (χ2n) is 4.18. The molecule has 0 fully saturated rings. The summed E-state index contributed by atoms with van der Waals surface area (Å²) in [6.45, 7) is 4.37. The van der Waals surface area contributed by atoms with Gasteiger partial charge in [0.15, 0.2) is 0 Å². The lowest BCUT2D eigenvalue weighted by atomic mass is 10.0. The summed E-state index contributed by atoms with van der Waals surface area (Å²) in [5.74, 6) is 0.752. The third-order valence-electron chi connectivity index (χ3n) is 2.65. The zero-order valence-corrected chi connectivity index (χ0v) is 8.38. The Kier molecular flexibility index (Phi) is 2.22. The van der Waals surface area contributed by atoms with Gasteiger partial charge in [-0.05, 0) is 43.7 Å². The van der Waals surface area contributed by atoms with E-state index in [0.29, 0.717) is 0 Å². The van der Waals surface area contributed by atoms with Gasteiger partial charge in [0.05, 0.1) is 0 Å². The quantitative estimate of drug-likeness (QED) is 0.570. The van der Waals surface area contributed by atoms with E-state index in [1.807, 2.05) is 0 Å². The summed E-state index contributed by atoms with van der Waals surface area (Å²) in [6, 6.07) is 8.80. The van der Waals surface area contributed by atoms with Crippen molar-refractivity contribution in [1.82, 2.24) is 0 Å². The highest BCUT2D eigenvalue weighted by Gasteiger charge is 2.18. The van der Waals surface area contributed by atoms with Crippen molar-refractivity contribution in [1.29, 1.82) is 0 Å². The molecule has 0 atom stereocenters. The highest BCUT2D eigenvalue weighted by atomic mass is 14.2. The van der Waals surface area contributed by atoms with Gasteiger partial charge in [-0.1, -0.05) is 35.9 Å². The SMILES string of the molecule is CC(C)=CC1Cc2ccccc2C1. The second-order valence-corrected chi connectivity index (χ2v) is 4.18. The maximum atomic E-state index is 2.40. The summed E-state index contributed by atoms with van der Waals surface area (Å²) < 4.78 is 0. The van der Waals surface area contributed by atoms with Gasteiger partial charge in [0.1, 0.15) is 0 Å². The molecule has 1 aliphatic carbocycles. The fraction of sp³-hybridized carbons (Fsp3) is 0.385. The Labute approximate surface area is 80.3 Å². The molecule has 0 nitrogen and oxygen atoms in total. The maximum Gasteiger partial charge on any atom is -0.0150 e. The molecule has 1 aromatic rings. The van der Waals surface area contributed by atoms with Crippen LogP contribution in [-0.2, 0) is 12.8 Å². The molecule has 1 aromatic carbocycles. The Hall–Kier alpha value is -1.04. The van der Waals surface area contributed by atoms with E-state index in [2.05, 4.69) is 44.2 Å². The summed E-state index contributed by atoms with van der Waals surface area (Å²) in [5, 5.41) is 0. The second kappa shape index (κ2) is 3.37. The summed E-state index contributed by atoms with van der Waals surface area (Å²) in [6.07, 6.45) is 4.88. The van der Waals surface area contributed by atoms with Gasteiger partial charge < -0.3 is 0 Å². The first kappa shape index (κ1) is 8.55. The first-order valence-electron chi connectivity index (χ1n) is 4.97. The van der Waals surface area contributed by atoms with Gasteiger partial charge in [-0.2, -0.15) is 0 Å². The van der Waals surface area contributed by atoms with Crippen LogP contribution in [0.2, 0.25) is 0 Å². The van der Waals surface area contributed by atoms with Gasteiger partial charge in [0, 0.05) is 0 Å². The van der Waals surface area contributed by atoms with Gasteiger partial charge in [0.2, 0.25) is 0 Å². The lowest BCUT2D eigenvalue weighted by Gasteiger charge is -2.01. The van der Waals surface area contributed by atoms with Crippen molar-refractivity contribution in [3.05, 3.63) is 47.0 Å². The highest BCUT2D eigenvalue weighted by molar-refractivity contribution is 5.33. The van der Waals surface area contributed by atoms with Crippen molar-refractivity contribution in [2.45, 2.75) is 26.7 Å². The Balaban J connectivity index is 2.18. The molecule has 2 rings (SSSR count). The minimum absolute atomic E-state index is 0.752. The van der Waals surface area contributed by atoms with Gasteiger partial charge in [-0.15, -0.1) is 0 Å². The smallest absolute Gasteiger partial charge is 0.0150 e. The normalized spacial score (nSPS) is 15.5. The lowest BCUT2D eigenvalue weighted by Crippen LogP contribution is -1.94. The molecule has 13 heavy (non-hydrogen) atoms. The van der Waals surface area contributed by atoms with Crippen LogP contribution in [0.4, 0.5) is 0 Å². The average Bonchev–Trinajstić information content (AvgIpc) is 2.44. The van der Waals surface area contributed by atoms with Crippen LogP contribution in [-0.4, -0.2) is 0 Å². The van der Waals surface area contributed by atoms with E-state index in [9.17, 15) is 0 Å². The third kappa shape index (κ3) is 1.82. The molecule has 68 valence electrons. The molecule has 0 aromatic heterocycles. The third-order valence-corrected chi connectivity index (χ3v) is 2.65. The van der Waals surface area contributed by atoms with Crippen molar-refractivity contribution < 1.29 is 0 Å². The summed E-state index contributed by atoms with van der Waals surface area (Å²) in [5.41, 5.74) is 4.54. The predicted octanol–water partition coefficient (Wildman–Crippen LogP) is 3.37. The van der Waals surface area contributed by atoms with Crippen LogP contribution in [0.5, 0.6) is 0 Å². The van der Waals surface area contributed by atoms with Gasteiger partial charge in [-0.25, -0.2) is 0 Å². The van der Waals surface area contributed by atoms with Crippen molar-refractivity contribution in [2.75, 3.05) is 0 Å². The van der Waals surface area contributed by atoms with Crippen LogP contribution in [0.25, 0.3) is 0 Å². The Morgan fingerprint density at radius 2 is 1.69 bits per heavy atom. The lowest BCUT2D eigenvalue weighted by molar-refractivity contribution is 0.698. The molecule has 0 saturated carbocycles. The van der Waals surface area contributed by atoms with E-state index in [4.69, 9.17) is 0 Å². The summed E-state index contributed by atoms with van der Waals surface area (Å²) in [7, 11) is 0. The predicted molar refractivity (Wildman–Crippen MR) is 56.8 cm³/mol. The summed E-state index contributed by atoms with van der Waals surface area (Å²) in [4.78, 5) is 0. The van der Waals surface area contributed by atoms with Crippen molar-refractivity contribution >= 4 is 0 Å².